The molecule has 1 aliphatic heterocycles. The number of nitrogens with zero attached hydrogens (tertiary/aromatic N) is 2. The largest absolute Gasteiger partial charge is 0.319 e. The first-order valence-corrected chi connectivity index (χ1v) is 7.20. The van der Waals surface area contributed by atoms with Crippen molar-refractivity contribution in [1.82, 2.24) is 15.2 Å². The Balaban J connectivity index is 0.00000180. The normalized spacial score (nSPS) is 13.9. The molecule has 2 N–H and O–H groups in total. The lowest BCUT2D eigenvalue weighted by atomic mass is 10.2. The van der Waals surface area contributed by atoms with Gasteiger partial charge in [-0.3, -0.25) is 9.69 Å². The molecule has 1 aromatic heterocycles. The number of hydrogen-bond acceptors (Lipinski definition) is 5. The molecule has 0 unspecified atom stereocenters. The van der Waals surface area contributed by atoms with Crippen LogP contribution in [0.4, 0.5) is 5.13 Å². The van der Waals surface area contributed by atoms with E-state index in [1.165, 1.54) is 4.88 Å². The van der Waals surface area contributed by atoms with Crippen LogP contribution in [0.25, 0.3) is 0 Å². The third-order valence-corrected chi connectivity index (χ3v) is 4.10. The van der Waals surface area contributed by atoms with Crippen molar-refractivity contribution >= 4 is 47.2 Å². The van der Waals surface area contributed by atoms with Crippen molar-refractivity contribution in [3.63, 3.8) is 0 Å². The number of rotatable bonds is 5. The Hall–Kier alpha value is -0.400. The van der Waals surface area contributed by atoms with Crippen LogP contribution in [-0.4, -0.2) is 42.5 Å². The Labute approximate surface area is 136 Å². The van der Waals surface area contributed by atoms with Gasteiger partial charge in [0.05, 0.1) is 5.69 Å². The van der Waals surface area contributed by atoms with Gasteiger partial charge in [0.15, 0.2) is 5.13 Å². The zero-order valence-electron chi connectivity index (χ0n) is 11.8. The van der Waals surface area contributed by atoms with E-state index in [0.29, 0.717) is 13.0 Å². The lowest BCUT2D eigenvalue weighted by Gasteiger charge is -2.23. The Kier molecular flexibility index (Phi) is 9.33. The maximum absolute atomic E-state index is 11.6. The van der Waals surface area contributed by atoms with Crippen LogP contribution in [0, 0.1) is 0 Å². The van der Waals surface area contributed by atoms with Gasteiger partial charge in [0.2, 0.25) is 5.91 Å². The summed E-state index contributed by atoms with van der Waals surface area (Å²) in [4.78, 5) is 19.8. The van der Waals surface area contributed by atoms with E-state index < -0.39 is 0 Å². The quantitative estimate of drug-likeness (QED) is 0.859. The van der Waals surface area contributed by atoms with E-state index in [2.05, 4.69) is 27.4 Å². The molecule has 0 aromatic carbocycles. The molecule has 0 aliphatic carbocycles. The highest BCUT2D eigenvalue weighted by Crippen LogP contribution is 2.28. The van der Waals surface area contributed by atoms with Crippen LogP contribution in [0.5, 0.6) is 0 Å². The fourth-order valence-electron chi connectivity index (χ4n) is 1.99. The molecule has 2 rings (SSSR count). The number of hydrogen-bond donors (Lipinski definition) is 2. The monoisotopic (exact) mass is 340 g/mol. The second kappa shape index (κ2) is 9.52. The van der Waals surface area contributed by atoms with E-state index >= 15 is 0 Å². The molecule has 1 aromatic rings. The topological polar surface area (TPSA) is 57.3 Å². The molecule has 0 saturated carbocycles. The number of amides is 1. The summed E-state index contributed by atoms with van der Waals surface area (Å²) in [5, 5.41) is 6.59. The third kappa shape index (κ3) is 5.18. The van der Waals surface area contributed by atoms with Crippen molar-refractivity contribution in [2.24, 2.45) is 0 Å². The highest BCUT2D eigenvalue weighted by molar-refractivity contribution is 7.15. The van der Waals surface area contributed by atoms with Crippen molar-refractivity contribution in [2.45, 2.75) is 26.3 Å². The van der Waals surface area contributed by atoms with Crippen LogP contribution in [0.1, 0.15) is 23.9 Å². The Bertz CT molecular complexity index is 428. The Morgan fingerprint density at radius 2 is 2.20 bits per heavy atom. The van der Waals surface area contributed by atoms with Gasteiger partial charge in [0.25, 0.3) is 0 Å². The molecule has 2 heterocycles. The summed E-state index contributed by atoms with van der Waals surface area (Å²) in [7, 11) is 1.84. The van der Waals surface area contributed by atoms with E-state index in [1.54, 1.807) is 11.3 Å². The van der Waals surface area contributed by atoms with Crippen molar-refractivity contribution in [3.05, 3.63) is 10.6 Å². The first-order valence-electron chi connectivity index (χ1n) is 6.38. The van der Waals surface area contributed by atoms with Gasteiger partial charge in [-0.25, -0.2) is 4.98 Å². The fraction of sp³-hybridized carbons (Fsp3) is 0.667. The molecular formula is C12H22Cl2N4OS. The lowest BCUT2D eigenvalue weighted by molar-refractivity contribution is -0.116. The van der Waals surface area contributed by atoms with Crippen LogP contribution in [0.2, 0.25) is 0 Å². The van der Waals surface area contributed by atoms with E-state index in [9.17, 15) is 4.79 Å². The average Bonchev–Trinajstić information content (AvgIpc) is 2.77. The molecule has 5 nitrogen and oxygen atoms in total. The van der Waals surface area contributed by atoms with Gasteiger partial charge < -0.3 is 10.6 Å². The number of aromatic nitrogens is 1. The van der Waals surface area contributed by atoms with Crippen molar-refractivity contribution in [3.8, 4) is 0 Å². The molecule has 0 atom stereocenters. The van der Waals surface area contributed by atoms with Gasteiger partial charge in [0, 0.05) is 37.4 Å². The van der Waals surface area contributed by atoms with Gasteiger partial charge in [-0.1, -0.05) is 6.92 Å². The van der Waals surface area contributed by atoms with Crippen molar-refractivity contribution in [2.75, 3.05) is 32.0 Å². The maximum atomic E-state index is 11.6. The standard InChI is InChI=1S/C12H20N4OS.2ClH/c1-3-16-7-5-9-10(8-16)18-12(14-9)15-11(17)4-6-13-2;;/h13H,3-8H2,1-2H3,(H,14,15,17);2*1H. The molecular weight excluding hydrogens is 319 g/mol. The highest BCUT2D eigenvalue weighted by atomic mass is 35.5. The first-order chi connectivity index (χ1) is 8.72. The number of nitrogens with one attached hydrogen (secondary N) is 2. The van der Waals surface area contributed by atoms with Crippen LogP contribution in [-0.2, 0) is 17.8 Å². The molecule has 20 heavy (non-hydrogen) atoms. The number of thiazole rings is 1. The molecule has 0 saturated heterocycles. The molecule has 1 aliphatic rings. The molecule has 0 fully saturated rings. The van der Waals surface area contributed by atoms with Crippen molar-refractivity contribution in [1.29, 1.82) is 0 Å². The summed E-state index contributed by atoms with van der Waals surface area (Å²) in [6.45, 7) is 5.98. The number of carbonyl (C=O) groups excluding carboxylic acids is 1. The lowest BCUT2D eigenvalue weighted by Crippen LogP contribution is -2.29. The highest BCUT2D eigenvalue weighted by Gasteiger charge is 2.20. The number of fused-ring (bicyclic) bond motifs is 1. The summed E-state index contributed by atoms with van der Waals surface area (Å²) in [6, 6.07) is 0. The van der Waals surface area contributed by atoms with Gasteiger partial charge in [-0.15, -0.1) is 36.2 Å². The SMILES string of the molecule is CCN1CCc2nc(NC(=O)CCNC)sc2C1.Cl.Cl. The fourth-order valence-corrected chi connectivity index (χ4v) is 3.06. The van der Waals surface area contributed by atoms with Crippen LogP contribution < -0.4 is 10.6 Å². The number of likely N-dealkylation sites (N-methyl/N-ethyl adjacent to an activating group) is 1. The summed E-state index contributed by atoms with van der Waals surface area (Å²) >= 11 is 1.61. The molecule has 1 amide bonds. The summed E-state index contributed by atoms with van der Waals surface area (Å²) in [5.74, 6) is 0.0304. The zero-order valence-corrected chi connectivity index (χ0v) is 14.2. The van der Waals surface area contributed by atoms with Crippen LogP contribution in [0.15, 0.2) is 0 Å². The Morgan fingerprint density at radius 1 is 1.45 bits per heavy atom. The summed E-state index contributed by atoms with van der Waals surface area (Å²) < 4.78 is 0. The van der Waals surface area contributed by atoms with Crippen molar-refractivity contribution < 1.29 is 4.79 Å². The van der Waals surface area contributed by atoms with Gasteiger partial charge >= 0.3 is 0 Å². The minimum Gasteiger partial charge on any atom is -0.319 e. The number of halogens is 2. The van der Waals surface area contributed by atoms with Gasteiger partial charge in [-0.05, 0) is 13.6 Å². The summed E-state index contributed by atoms with van der Waals surface area (Å²) in [5.41, 5.74) is 1.16. The predicted octanol–water partition coefficient (Wildman–Crippen LogP) is 1.91. The molecule has 0 bridgehead atoms. The summed E-state index contributed by atoms with van der Waals surface area (Å²) in [6.07, 6.45) is 1.48. The minimum atomic E-state index is 0. The van der Waals surface area contributed by atoms with Crippen LogP contribution >= 0.6 is 36.2 Å². The molecule has 0 spiro atoms. The number of anilines is 1. The first kappa shape index (κ1) is 19.6. The minimum absolute atomic E-state index is 0. The smallest absolute Gasteiger partial charge is 0.227 e. The van der Waals surface area contributed by atoms with Gasteiger partial charge in [-0.2, -0.15) is 0 Å². The molecule has 8 heteroatoms. The van der Waals surface area contributed by atoms with Gasteiger partial charge in [0.1, 0.15) is 0 Å². The van der Waals surface area contributed by atoms with E-state index in [0.717, 1.165) is 36.9 Å². The Morgan fingerprint density at radius 3 is 2.85 bits per heavy atom. The second-order valence-electron chi connectivity index (χ2n) is 4.41. The second-order valence-corrected chi connectivity index (χ2v) is 5.49. The predicted molar refractivity (Wildman–Crippen MR) is 88.4 cm³/mol. The maximum Gasteiger partial charge on any atom is 0.227 e. The molecule has 0 radical (unpaired) electrons. The average molecular weight is 341 g/mol. The van der Waals surface area contributed by atoms with E-state index in [-0.39, 0.29) is 30.7 Å². The third-order valence-electron chi connectivity index (χ3n) is 3.11. The molecule has 116 valence electrons. The van der Waals surface area contributed by atoms with E-state index in [1.807, 2.05) is 7.05 Å². The van der Waals surface area contributed by atoms with Crippen LogP contribution in [0.3, 0.4) is 0 Å². The zero-order chi connectivity index (χ0) is 13.0. The van der Waals surface area contributed by atoms with E-state index in [4.69, 9.17) is 0 Å². The number of carbonyl (C=O) groups is 1.